The summed E-state index contributed by atoms with van der Waals surface area (Å²) in [5, 5.41) is 0. The van der Waals surface area contributed by atoms with E-state index in [1.54, 1.807) is 19.2 Å². The van der Waals surface area contributed by atoms with E-state index < -0.39 is 5.60 Å². The maximum absolute atomic E-state index is 12.1. The number of amides is 1. The molecule has 1 amide bonds. The number of rotatable bonds is 2. The Hall–Kier alpha value is -2.04. The van der Waals surface area contributed by atoms with E-state index in [0.717, 1.165) is 5.56 Å². The molecule has 0 radical (unpaired) electrons. The van der Waals surface area contributed by atoms with E-state index in [-0.39, 0.29) is 17.9 Å². The largest absolute Gasteiger partial charge is 0.491 e. The summed E-state index contributed by atoms with van der Waals surface area (Å²) in [6, 6.07) is 5.12. The predicted octanol–water partition coefficient (Wildman–Crippen LogP) is 3.19. The summed E-state index contributed by atoms with van der Waals surface area (Å²) in [5.74, 6) is 0.647. The average molecular weight is 291 g/mol. The van der Waals surface area contributed by atoms with Crippen molar-refractivity contribution in [3.63, 3.8) is 0 Å². The zero-order valence-electron chi connectivity index (χ0n) is 13.1. The van der Waals surface area contributed by atoms with Gasteiger partial charge in [-0.05, 0) is 33.8 Å². The van der Waals surface area contributed by atoms with Crippen LogP contribution in [0.2, 0.25) is 0 Å². The molecule has 1 aliphatic rings. The van der Waals surface area contributed by atoms with Crippen LogP contribution in [-0.2, 0) is 4.74 Å². The first kappa shape index (κ1) is 15.4. The minimum absolute atomic E-state index is 0.00894. The van der Waals surface area contributed by atoms with Crippen molar-refractivity contribution in [3.8, 4) is 5.75 Å². The van der Waals surface area contributed by atoms with Gasteiger partial charge in [0.05, 0.1) is 6.04 Å². The molecule has 1 atom stereocenters. The lowest BCUT2D eigenvalue weighted by atomic mass is 10.0. The van der Waals surface area contributed by atoms with Crippen molar-refractivity contribution in [2.45, 2.75) is 39.3 Å². The van der Waals surface area contributed by atoms with Crippen LogP contribution in [0.1, 0.15) is 49.7 Å². The maximum atomic E-state index is 12.1. The number of carbonyl (C=O) groups excluding carboxylic acids is 2. The highest BCUT2D eigenvalue weighted by atomic mass is 16.6. The molecule has 1 heterocycles. The topological polar surface area (TPSA) is 55.8 Å². The van der Waals surface area contributed by atoms with Crippen LogP contribution >= 0.6 is 0 Å². The second-order valence-corrected chi connectivity index (χ2v) is 6.23. The predicted molar refractivity (Wildman–Crippen MR) is 78.7 cm³/mol. The molecule has 5 heteroatoms. The van der Waals surface area contributed by atoms with E-state index in [9.17, 15) is 9.59 Å². The molecule has 0 bridgehead atoms. The number of benzene rings is 1. The lowest BCUT2D eigenvalue weighted by Crippen LogP contribution is -2.37. The molecule has 0 unspecified atom stereocenters. The Labute approximate surface area is 124 Å². The molecule has 114 valence electrons. The number of likely N-dealkylation sites (N-methyl/N-ethyl adjacent to an activating group) is 1. The molecule has 21 heavy (non-hydrogen) atoms. The highest BCUT2D eigenvalue weighted by molar-refractivity contribution is 5.94. The minimum atomic E-state index is -0.536. The number of Topliss-reactive ketones (excluding diaryl/α,β-unsaturated/α-hetero) is 1. The van der Waals surface area contributed by atoms with Gasteiger partial charge < -0.3 is 14.4 Å². The SMILES string of the molecule is CC(=O)c1ccc2c(c1)OC[C@H]2N(C)C(=O)OC(C)(C)C. The third-order valence-corrected chi connectivity index (χ3v) is 3.32. The molecule has 0 spiro atoms. The Kier molecular flexibility index (Phi) is 3.94. The van der Waals surface area contributed by atoms with Gasteiger partial charge in [0.25, 0.3) is 0 Å². The van der Waals surface area contributed by atoms with Crippen molar-refractivity contribution in [2.24, 2.45) is 0 Å². The van der Waals surface area contributed by atoms with Gasteiger partial charge in [-0.2, -0.15) is 0 Å². The first-order valence-corrected chi connectivity index (χ1v) is 6.92. The summed E-state index contributed by atoms with van der Waals surface area (Å²) in [7, 11) is 1.69. The quantitative estimate of drug-likeness (QED) is 0.785. The summed E-state index contributed by atoms with van der Waals surface area (Å²) in [4.78, 5) is 25.0. The normalized spacial score (nSPS) is 16.9. The average Bonchev–Trinajstić information content (AvgIpc) is 2.78. The Morgan fingerprint density at radius 3 is 2.57 bits per heavy atom. The summed E-state index contributed by atoms with van der Waals surface area (Å²) >= 11 is 0. The summed E-state index contributed by atoms with van der Waals surface area (Å²) in [6.07, 6.45) is -0.389. The highest BCUT2D eigenvalue weighted by Gasteiger charge is 2.32. The van der Waals surface area contributed by atoms with Crippen molar-refractivity contribution >= 4 is 11.9 Å². The summed E-state index contributed by atoms with van der Waals surface area (Å²) in [6.45, 7) is 7.37. The molecule has 0 N–H and O–H groups in total. The first-order chi connectivity index (χ1) is 9.69. The molecule has 0 saturated carbocycles. The standard InChI is InChI=1S/C16H21NO4/c1-10(18)11-6-7-12-13(9-20-14(12)8-11)17(5)15(19)21-16(2,3)4/h6-8,13H,9H2,1-5H3/t13-/m1/s1. The Morgan fingerprint density at radius 1 is 1.33 bits per heavy atom. The number of hydrogen-bond acceptors (Lipinski definition) is 4. The van der Waals surface area contributed by atoms with Crippen LogP contribution in [0.25, 0.3) is 0 Å². The van der Waals surface area contributed by atoms with Gasteiger partial charge in [0.15, 0.2) is 5.78 Å². The van der Waals surface area contributed by atoms with Crippen LogP contribution in [0.5, 0.6) is 5.75 Å². The van der Waals surface area contributed by atoms with Gasteiger partial charge in [-0.3, -0.25) is 4.79 Å². The maximum Gasteiger partial charge on any atom is 0.410 e. The second-order valence-electron chi connectivity index (χ2n) is 6.23. The molecular formula is C16H21NO4. The molecular weight excluding hydrogens is 270 g/mol. The lowest BCUT2D eigenvalue weighted by molar-refractivity contribution is 0.0201. The fraction of sp³-hybridized carbons (Fsp3) is 0.500. The zero-order chi connectivity index (χ0) is 15.8. The van der Waals surface area contributed by atoms with Crippen LogP contribution in [0.15, 0.2) is 18.2 Å². The van der Waals surface area contributed by atoms with Crippen LogP contribution in [0.4, 0.5) is 4.79 Å². The highest BCUT2D eigenvalue weighted by Crippen LogP contribution is 2.36. The van der Waals surface area contributed by atoms with E-state index >= 15 is 0 Å². The van der Waals surface area contributed by atoms with Crippen LogP contribution in [-0.4, -0.2) is 36.0 Å². The number of fused-ring (bicyclic) bond motifs is 1. The van der Waals surface area contributed by atoms with Crippen molar-refractivity contribution < 1.29 is 19.1 Å². The van der Waals surface area contributed by atoms with Gasteiger partial charge in [-0.25, -0.2) is 4.79 Å². The van der Waals surface area contributed by atoms with Gasteiger partial charge in [-0.15, -0.1) is 0 Å². The molecule has 0 aliphatic carbocycles. The van der Waals surface area contributed by atoms with Crippen molar-refractivity contribution in [2.75, 3.05) is 13.7 Å². The molecule has 0 aromatic heterocycles. The molecule has 1 aromatic carbocycles. The third-order valence-electron chi connectivity index (χ3n) is 3.32. The smallest absolute Gasteiger partial charge is 0.410 e. The van der Waals surface area contributed by atoms with E-state index in [0.29, 0.717) is 17.9 Å². The molecule has 5 nitrogen and oxygen atoms in total. The minimum Gasteiger partial charge on any atom is -0.491 e. The Bertz CT molecular complexity index is 574. The molecule has 2 rings (SSSR count). The fourth-order valence-electron chi connectivity index (χ4n) is 2.19. The molecule has 1 aromatic rings. The van der Waals surface area contributed by atoms with Crippen molar-refractivity contribution in [1.29, 1.82) is 0 Å². The Morgan fingerprint density at radius 2 is 2.00 bits per heavy atom. The van der Waals surface area contributed by atoms with Gasteiger partial charge >= 0.3 is 6.09 Å². The van der Waals surface area contributed by atoms with Gasteiger partial charge in [0.1, 0.15) is 18.0 Å². The van der Waals surface area contributed by atoms with E-state index in [4.69, 9.17) is 9.47 Å². The Balaban J connectivity index is 2.19. The third kappa shape index (κ3) is 3.35. The number of carbonyl (C=O) groups is 2. The number of ether oxygens (including phenoxy) is 2. The van der Waals surface area contributed by atoms with Gasteiger partial charge in [-0.1, -0.05) is 12.1 Å². The van der Waals surface area contributed by atoms with Gasteiger partial charge in [0.2, 0.25) is 0 Å². The first-order valence-electron chi connectivity index (χ1n) is 6.92. The number of hydrogen-bond donors (Lipinski definition) is 0. The van der Waals surface area contributed by atoms with Crippen LogP contribution in [0, 0.1) is 0 Å². The van der Waals surface area contributed by atoms with Crippen LogP contribution in [0.3, 0.4) is 0 Å². The van der Waals surface area contributed by atoms with E-state index in [1.807, 2.05) is 26.8 Å². The second kappa shape index (κ2) is 5.39. The molecule has 0 saturated heterocycles. The van der Waals surface area contributed by atoms with E-state index in [1.165, 1.54) is 11.8 Å². The summed E-state index contributed by atoms with van der Waals surface area (Å²) < 4.78 is 11.0. The van der Waals surface area contributed by atoms with Crippen molar-refractivity contribution in [3.05, 3.63) is 29.3 Å². The summed E-state index contributed by atoms with van der Waals surface area (Å²) in [5.41, 5.74) is 0.967. The molecule has 0 fully saturated rings. The van der Waals surface area contributed by atoms with Crippen molar-refractivity contribution in [1.82, 2.24) is 4.90 Å². The van der Waals surface area contributed by atoms with Gasteiger partial charge in [0, 0.05) is 18.2 Å². The molecule has 1 aliphatic heterocycles. The van der Waals surface area contributed by atoms with E-state index in [2.05, 4.69) is 0 Å². The van der Waals surface area contributed by atoms with Crippen LogP contribution < -0.4 is 4.74 Å². The monoisotopic (exact) mass is 291 g/mol. The fourth-order valence-corrected chi connectivity index (χ4v) is 2.19. The number of nitrogens with zero attached hydrogens (tertiary/aromatic N) is 1. The lowest BCUT2D eigenvalue weighted by Gasteiger charge is -2.28. The number of ketones is 1. The zero-order valence-corrected chi connectivity index (χ0v) is 13.1.